The van der Waals surface area contributed by atoms with Crippen LogP contribution in [0, 0.1) is 0 Å². The van der Waals surface area contributed by atoms with Gasteiger partial charge >= 0.3 is 5.97 Å². The van der Waals surface area contributed by atoms with Crippen molar-refractivity contribution in [2.75, 3.05) is 6.54 Å². The van der Waals surface area contributed by atoms with E-state index in [9.17, 15) is 9.59 Å². The summed E-state index contributed by atoms with van der Waals surface area (Å²) in [6.45, 7) is 0.622. The minimum absolute atomic E-state index is 0.108. The Morgan fingerprint density at radius 3 is 2.43 bits per heavy atom. The molecule has 1 aromatic carbocycles. The molecule has 6 nitrogen and oxygen atoms in total. The van der Waals surface area contributed by atoms with Crippen molar-refractivity contribution in [3.05, 3.63) is 35.9 Å². The molecule has 0 aromatic heterocycles. The van der Waals surface area contributed by atoms with Gasteiger partial charge in [-0.3, -0.25) is 9.59 Å². The van der Waals surface area contributed by atoms with Gasteiger partial charge in [0.1, 0.15) is 0 Å². The van der Waals surface area contributed by atoms with Crippen molar-refractivity contribution in [1.29, 1.82) is 0 Å². The Balaban J connectivity index is 2.48. The van der Waals surface area contributed by atoms with Gasteiger partial charge in [0.2, 0.25) is 5.91 Å². The first-order valence-corrected chi connectivity index (χ1v) is 8.02. The van der Waals surface area contributed by atoms with Crippen LogP contribution in [-0.2, 0) is 16.0 Å². The predicted octanol–water partition coefficient (Wildman–Crippen LogP) is 1.04. The zero-order chi connectivity index (χ0) is 17.1. The highest BCUT2D eigenvalue weighted by atomic mass is 16.4. The molecule has 23 heavy (non-hydrogen) atoms. The lowest BCUT2D eigenvalue weighted by atomic mass is 10.0. The van der Waals surface area contributed by atoms with Crippen LogP contribution in [0.2, 0.25) is 0 Å². The third-order valence-electron chi connectivity index (χ3n) is 3.59. The molecule has 128 valence electrons. The normalized spacial score (nSPS) is 13.3. The van der Waals surface area contributed by atoms with E-state index < -0.39 is 12.0 Å². The number of hydrogen-bond donors (Lipinski definition) is 4. The maximum Gasteiger partial charge on any atom is 0.305 e. The van der Waals surface area contributed by atoms with Crippen LogP contribution in [0.5, 0.6) is 0 Å². The molecule has 0 saturated carbocycles. The summed E-state index contributed by atoms with van der Waals surface area (Å²) >= 11 is 0. The van der Waals surface area contributed by atoms with Gasteiger partial charge in [-0.05, 0) is 31.4 Å². The Hall–Kier alpha value is -1.92. The number of hydrogen-bond acceptors (Lipinski definition) is 4. The molecule has 0 bridgehead atoms. The van der Waals surface area contributed by atoms with E-state index in [0.29, 0.717) is 13.0 Å². The summed E-state index contributed by atoms with van der Waals surface area (Å²) in [4.78, 5) is 23.0. The first kappa shape index (κ1) is 19.1. The van der Waals surface area contributed by atoms with Crippen molar-refractivity contribution < 1.29 is 14.7 Å². The van der Waals surface area contributed by atoms with Crippen LogP contribution >= 0.6 is 0 Å². The lowest BCUT2D eigenvalue weighted by molar-refractivity contribution is -0.137. The average molecular weight is 321 g/mol. The van der Waals surface area contributed by atoms with E-state index in [1.165, 1.54) is 0 Å². The molecule has 2 atom stereocenters. The van der Waals surface area contributed by atoms with Crippen LogP contribution in [0.1, 0.15) is 37.7 Å². The highest BCUT2D eigenvalue weighted by Crippen LogP contribution is 2.08. The Morgan fingerprint density at radius 2 is 1.83 bits per heavy atom. The fourth-order valence-corrected chi connectivity index (χ4v) is 2.46. The van der Waals surface area contributed by atoms with Gasteiger partial charge in [-0.25, -0.2) is 0 Å². The molecule has 0 heterocycles. The zero-order valence-corrected chi connectivity index (χ0v) is 13.4. The van der Waals surface area contributed by atoms with Crippen LogP contribution in [0.15, 0.2) is 30.3 Å². The molecule has 0 aliphatic carbocycles. The number of carboxylic acid groups (broad SMARTS) is 1. The third kappa shape index (κ3) is 8.95. The number of unbranched alkanes of at least 4 members (excludes halogenated alkanes) is 1. The molecule has 6 heteroatoms. The van der Waals surface area contributed by atoms with E-state index in [1.54, 1.807) is 0 Å². The number of carbonyl (C=O) groups is 2. The molecule has 0 spiro atoms. The SMILES string of the molecule is NCCCC[C@H](N)CC(=O)N[C@H](CC(=O)O)Cc1ccccc1. The number of amides is 1. The highest BCUT2D eigenvalue weighted by molar-refractivity contribution is 5.78. The standard InChI is InChI=1S/C17H27N3O3/c18-9-5-4-8-14(19)11-16(21)20-15(12-17(22)23)10-13-6-2-1-3-7-13/h1-3,6-7,14-15H,4-5,8-12,18-19H2,(H,20,21)(H,22,23)/t14-,15-/m0/s1. The van der Waals surface area contributed by atoms with Gasteiger partial charge in [0.25, 0.3) is 0 Å². The van der Waals surface area contributed by atoms with Gasteiger partial charge in [-0.2, -0.15) is 0 Å². The van der Waals surface area contributed by atoms with Crippen molar-refractivity contribution in [3.8, 4) is 0 Å². The molecule has 0 unspecified atom stereocenters. The molecule has 1 amide bonds. The lowest BCUT2D eigenvalue weighted by Crippen LogP contribution is -2.40. The Labute approximate surface area is 137 Å². The van der Waals surface area contributed by atoms with Crippen molar-refractivity contribution >= 4 is 11.9 Å². The van der Waals surface area contributed by atoms with Gasteiger partial charge in [-0.1, -0.05) is 36.8 Å². The summed E-state index contributed by atoms with van der Waals surface area (Å²) in [5, 5.41) is 11.8. The number of aliphatic carboxylic acids is 1. The first-order valence-electron chi connectivity index (χ1n) is 8.02. The maximum atomic E-state index is 12.1. The fraction of sp³-hybridized carbons (Fsp3) is 0.529. The van der Waals surface area contributed by atoms with Gasteiger partial charge in [-0.15, -0.1) is 0 Å². The van der Waals surface area contributed by atoms with Gasteiger partial charge in [0, 0.05) is 18.5 Å². The van der Waals surface area contributed by atoms with Crippen LogP contribution in [0.25, 0.3) is 0 Å². The summed E-state index contributed by atoms with van der Waals surface area (Å²) in [5.74, 6) is -1.13. The topological polar surface area (TPSA) is 118 Å². The van der Waals surface area contributed by atoms with Crippen LogP contribution < -0.4 is 16.8 Å². The molecular formula is C17H27N3O3. The molecule has 0 aliphatic heterocycles. The molecule has 1 rings (SSSR count). The van der Waals surface area contributed by atoms with Crippen molar-refractivity contribution in [3.63, 3.8) is 0 Å². The number of nitrogens with two attached hydrogens (primary N) is 2. The summed E-state index contributed by atoms with van der Waals surface area (Å²) in [7, 11) is 0. The summed E-state index contributed by atoms with van der Waals surface area (Å²) in [5.41, 5.74) is 12.3. The molecule has 0 fully saturated rings. The van der Waals surface area contributed by atoms with Crippen LogP contribution in [0.3, 0.4) is 0 Å². The summed E-state index contributed by atoms with van der Waals surface area (Å²) < 4.78 is 0. The van der Waals surface area contributed by atoms with E-state index in [0.717, 1.165) is 24.8 Å². The Morgan fingerprint density at radius 1 is 1.13 bits per heavy atom. The monoisotopic (exact) mass is 321 g/mol. The molecule has 0 saturated heterocycles. The molecule has 0 aliphatic rings. The van der Waals surface area contributed by atoms with E-state index in [-0.39, 0.29) is 24.8 Å². The minimum atomic E-state index is -0.932. The van der Waals surface area contributed by atoms with Gasteiger partial charge < -0.3 is 21.9 Å². The molecular weight excluding hydrogens is 294 g/mol. The van der Waals surface area contributed by atoms with Crippen molar-refractivity contribution in [1.82, 2.24) is 5.32 Å². The number of carbonyl (C=O) groups excluding carboxylic acids is 1. The second kappa shape index (κ2) is 10.7. The molecule has 6 N–H and O–H groups in total. The predicted molar refractivity (Wildman–Crippen MR) is 89.8 cm³/mol. The Bertz CT molecular complexity index is 479. The number of carboxylic acids is 1. The minimum Gasteiger partial charge on any atom is -0.481 e. The van der Waals surface area contributed by atoms with Gasteiger partial charge in [0.15, 0.2) is 0 Å². The molecule has 0 radical (unpaired) electrons. The zero-order valence-electron chi connectivity index (χ0n) is 13.4. The lowest BCUT2D eigenvalue weighted by Gasteiger charge is -2.19. The second-order valence-corrected chi connectivity index (χ2v) is 5.80. The highest BCUT2D eigenvalue weighted by Gasteiger charge is 2.18. The van der Waals surface area contributed by atoms with E-state index in [4.69, 9.17) is 16.6 Å². The number of rotatable bonds is 11. The number of benzene rings is 1. The van der Waals surface area contributed by atoms with E-state index in [2.05, 4.69) is 5.32 Å². The van der Waals surface area contributed by atoms with E-state index >= 15 is 0 Å². The van der Waals surface area contributed by atoms with Crippen molar-refractivity contribution in [2.45, 2.75) is 50.6 Å². The molecule has 1 aromatic rings. The quantitative estimate of drug-likeness (QED) is 0.454. The maximum absolute atomic E-state index is 12.1. The average Bonchev–Trinajstić information content (AvgIpc) is 2.47. The first-order chi connectivity index (χ1) is 11.0. The third-order valence-corrected chi connectivity index (χ3v) is 3.59. The Kier molecular flexibility index (Phi) is 8.94. The van der Waals surface area contributed by atoms with Crippen LogP contribution in [0.4, 0.5) is 0 Å². The van der Waals surface area contributed by atoms with Crippen molar-refractivity contribution in [2.24, 2.45) is 11.5 Å². The fourth-order valence-electron chi connectivity index (χ4n) is 2.46. The summed E-state index contributed by atoms with van der Waals surface area (Å²) in [6.07, 6.45) is 3.12. The number of nitrogens with one attached hydrogen (secondary N) is 1. The summed E-state index contributed by atoms with van der Waals surface area (Å²) in [6, 6.07) is 8.86. The van der Waals surface area contributed by atoms with Crippen LogP contribution in [-0.4, -0.2) is 35.6 Å². The second-order valence-electron chi connectivity index (χ2n) is 5.80. The smallest absolute Gasteiger partial charge is 0.305 e. The van der Waals surface area contributed by atoms with Gasteiger partial charge in [0.05, 0.1) is 6.42 Å². The van der Waals surface area contributed by atoms with E-state index in [1.807, 2.05) is 30.3 Å². The largest absolute Gasteiger partial charge is 0.481 e.